The average Bonchev–Trinajstić information content (AvgIpc) is 2.27. The zero-order valence-electron chi connectivity index (χ0n) is 9.25. The summed E-state index contributed by atoms with van der Waals surface area (Å²) in [5.74, 6) is 0.0965. The van der Waals surface area contributed by atoms with E-state index in [0.717, 1.165) is 24.9 Å². The van der Waals surface area contributed by atoms with E-state index in [1.54, 1.807) is 0 Å². The molecule has 0 aliphatic heterocycles. The van der Waals surface area contributed by atoms with Crippen molar-refractivity contribution in [2.45, 2.75) is 32.6 Å². The van der Waals surface area contributed by atoms with Crippen molar-refractivity contribution in [1.29, 1.82) is 0 Å². The van der Waals surface area contributed by atoms with Crippen LogP contribution in [-0.4, -0.2) is 5.91 Å². The highest BCUT2D eigenvalue weighted by molar-refractivity contribution is 5.90. The first kappa shape index (κ1) is 11.8. The van der Waals surface area contributed by atoms with Gasteiger partial charge in [0.05, 0.1) is 0 Å². The van der Waals surface area contributed by atoms with Crippen molar-refractivity contribution in [2.75, 3.05) is 5.32 Å². The number of hydrogen-bond acceptors (Lipinski definition) is 1. The Labute approximate surface area is 91.7 Å². The van der Waals surface area contributed by atoms with Crippen molar-refractivity contribution in [3.05, 3.63) is 36.8 Å². The topological polar surface area (TPSA) is 29.1 Å². The first-order valence-electron chi connectivity index (χ1n) is 5.44. The van der Waals surface area contributed by atoms with Crippen LogP contribution in [0.5, 0.6) is 0 Å². The number of hydrogen-bond donors (Lipinski definition) is 1. The summed E-state index contributed by atoms with van der Waals surface area (Å²) in [6.45, 7) is 5.88. The minimum Gasteiger partial charge on any atom is -0.326 e. The summed E-state index contributed by atoms with van der Waals surface area (Å²) in [5, 5.41) is 2.87. The molecular weight excluding hydrogens is 186 g/mol. The Hall–Kier alpha value is -1.31. The van der Waals surface area contributed by atoms with Gasteiger partial charge in [-0.2, -0.15) is 0 Å². The van der Waals surface area contributed by atoms with Gasteiger partial charge in [0, 0.05) is 12.1 Å². The predicted molar refractivity (Wildman–Crippen MR) is 63.7 cm³/mol. The van der Waals surface area contributed by atoms with Crippen molar-refractivity contribution in [3.8, 4) is 0 Å². The van der Waals surface area contributed by atoms with Crippen molar-refractivity contribution < 1.29 is 4.79 Å². The molecule has 1 radical (unpaired) electrons. The molecule has 1 aromatic rings. The van der Waals surface area contributed by atoms with Gasteiger partial charge in [-0.15, -0.1) is 0 Å². The number of amides is 1. The van der Waals surface area contributed by atoms with Gasteiger partial charge in [-0.3, -0.25) is 4.79 Å². The average molecular weight is 204 g/mol. The number of unbranched alkanes of at least 4 members (excludes halogenated alkanes) is 1. The van der Waals surface area contributed by atoms with Gasteiger partial charge in [0.25, 0.3) is 0 Å². The Bertz CT molecular complexity index is 303. The second kappa shape index (κ2) is 6.23. The van der Waals surface area contributed by atoms with Gasteiger partial charge in [0.15, 0.2) is 0 Å². The number of carbonyl (C=O) groups excluding carboxylic acids is 1. The lowest BCUT2D eigenvalue weighted by Gasteiger charge is -2.05. The fraction of sp³-hybridized carbons (Fsp3) is 0.385. The Morgan fingerprint density at radius 2 is 2.00 bits per heavy atom. The van der Waals surface area contributed by atoms with Crippen molar-refractivity contribution >= 4 is 11.6 Å². The fourth-order valence-electron chi connectivity index (χ4n) is 1.32. The Morgan fingerprint density at radius 3 is 2.53 bits per heavy atom. The van der Waals surface area contributed by atoms with E-state index >= 15 is 0 Å². The number of carbonyl (C=O) groups is 1. The molecule has 1 aromatic carbocycles. The van der Waals surface area contributed by atoms with Crippen molar-refractivity contribution in [2.24, 2.45) is 0 Å². The van der Waals surface area contributed by atoms with E-state index in [4.69, 9.17) is 0 Å². The van der Waals surface area contributed by atoms with Gasteiger partial charge in [-0.25, -0.2) is 0 Å². The van der Waals surface area contributed by atoms with E-state index in [0.29, 0.717) is 6.42 Å². The lowest BCUT2D eigenvalue weighted by molar-refractivity contribution is -0.116. The monoisotopic (exact) mass is 204 g/mol. The van der Waals surface area contributed by atoms with E-state index in [2.05, 4.69) is 19.2 Å². The summed E-state index contributed by atoms with van der Waals surface area (Å²) in [6.07, 6.45) is 3.38. The Kier molecular flexibility index (Phi) is 4.88. The zero-order chi connectivity index (χ0) is 11.1. The molecule has 15 heavy (non-hydrogen) atoms. The highest BCUT2D eigenvalue weighted by atomic mass is 16.1. The molecule has 2 heteroatoms. The van der Waals surface area contributed by atoms with E-state index in [-0.39, 0.29) is 5.91 Å². The molecule has 1 N–H and O–H groups in total. The van der Waals surface area contributed by atoms with Crippen LogP contribution in [0.2, 0.25) is 0 Å². The number of anilines is 1. The van der Waals surface area contributed by atoms with Crippen LogP contribution in [0.3, 0.4) is 0 Å². The highest BCUT2D eigenvalue weighted by Crippen LogP contribution is 2.10. The summed E-state index contributed by atoms with van der Waals surface area (Å²) in [5.41, 5.74) is 2.05. The maximum absolute atomic E-state index is 11.4. The van der Waals surface area contributed by atoms with Crippen molar-refractivity contribution in [1.82, 2.24) is 0 Å². The first-order valence-corrected chi connectivity index (χ1v) is 5.44. The SMILES string of the molecule is [CH2]Cc1ccc(NC(=O)CCCC)cc1. The zero-order valence-corrected chi connectivity index (χ0v) is 9.25. The van der Waals surface area contributed by atoms with Crippen molar-refractivity contribution in [3.63, 3.8) is 0 Å². The van der Waals surface area contributed by atoms with Crippen LogP contribution in [0.15, 0.2) is 24.3 Å². The third kappa shape index (κ3) is 4.15. The summed E-state index contributed by atoms with van der Waals surface area (Å²) in [7, 11) is 0. The molecule has 0 spiro atoms. The third-order valence-corrected chi connectivity index (χ3v) is 2.28. The van der Waals surface area contributed by atoms with Gasteiger partial charge in [0.1, 0.15) is 0 Å². The van der Waals surface area contributed by atoms with Crippen LogP contribution in [0.25, 0.3) is 0 Å². The summed E-state index contributed by atoms with van der Waals surface area (Å²) < 4.78 is 0. The molecule has 0 unspecified atom stereocenters. The van der Waals surface area contributed by atoms with E-state index in [1.807, 2.05) is 24.3 Å². The number of benzene rings is 1. The van der Waals surface area contributed by atoms with Gasteiger partial charge >= 0.3 is 0 Å². The Balaban J connectivity index is 2.46. The molecule has 1 rings (SSSR count). The molecule has 0 saturated carbocycles. The molecule has 0 atom stereocenters. The van der Waals surface area contributed by atoms with E-state index in [1.165, 1.54) is 5.56 Å². The third-order valence-electron chi connectivity index (χ3n) is 2.28. The lowest BCUT2D eigenvalue weighted by atomic mass is 10.1. The maximum atomic E-state index is 11.4. The predicted octanol–water partition coefficient (Wildman–Crippen LogP) is 3.19. The lowest BCUT2D eigenvalue weighted by Crippen LogP contribution is -2.10. The minimum atomic E-state index is 0.0965. The molecule has 0 bridgehead atoms. The van der Waals surface area contributed by atoms with Crippen LogP contribution < -0.4 is 5.32 Å². The standard InChI is InChI=1S/C13H18NO/c1-3-5-6-13(15)14-12-9-7-11(4-2)8-10-12/h7-10H,2-6H2,1H3,(H,14,15). The van der Waals surface area contributed by atoms with Crippen LogP contribution >= 0.6 is 0 Å². The van der Waals surface area contributed by atoms with Gasteiger partial charge < -0.3 is 5.32 Å². The minimum absolute atomic E-state index is 0.0965. The molecule has 0 aliphatic rings. The second-order valence-corrected chi connectivity index (χ2v) is 3.60. The Morgan fingerprint density at radius 1 is 1.33 bits per heavy atom. The van der Waals surface area contributed by atoms with Gasteiger partial charge in [-0.05, 0) is 37.5 Å². The van der Waals surface area contributed by atoms with Crippen LogP contribution in [0.1, 0.15) is 31.7 Å². The molecule has 0 aromatic heterocycles. The largest absolute Gasteiger partial charge is 0.326 e. The molecule has 2 nitrogen and oxygen atoms in total. The molecule has 0 aliphatic carbocycles. The summed E-state index contributed by atoms with van der Waals surface area (Å²) in [6, 6.07) is 7.82. The maximum Gasteiger partial charge on any atom is 0.224 e. The van der Waals surface area contributed by atoms with Gasteiger partial charge in [0.2, 0.25) is 5.91 Å². The quantitative estimate of drug-likeness (QED) is 0.784. The molecule has 1 amide bonds. The summed E-state index contributed by atoms with van der Waals surface area (Å²) >= 11 is 0. The molecule has 0 saturated heterocycles. The number of rotatable bonds is 5. The molecular formula is C13H18NO. The van der Waals surface area contributed by atoms with E-state index < -0.39 is 0 Å². The van der Waals surface area contributed by atoms with Gasteiger partial charge in [-0.1, -0.05) is 25.5 Å². The number of nitrogens with one attached hydrogen (secondary N) is 1. The molecule has 81 valence electrons. The normalized spacial score (nSPS) is 10.0. The molecule has 0 heterocycles. The first-order chi connectivity index (χ1) is 7.26. The second-order valence-electron chi connectivity index (χ2n) is 3.60. The fourth-order valence-corrected chi connectivity index (χ4v) is 1.32. The van der Waals surface area contributed by atoms with Crippen LogP contribution in [0.4, 0.5) is 5.69 Å². The van der Waals surface area contributed by atoms with E-state index in [9.17, 15) is 4.79 Å². The smallest absolute Gasteiger partial charge is 0.224 e. The molecule has 0 fully saturated rings. The summed E-state index contributed by atoms with van der Waals surface area (Å²) in [4.78, 5) is 11.4. The highest BCUT2D eigenvalue weighted by Gasteiger charge is 2.00. The van der Waals surface area contributed by atoms with Crippen LogP contribution in [-0.2, 0) is 11.2 Å². The van der Waals surface area contributed by atoms with Crippen LogP contribution in [0, 0.1) is 6.92 Å².